The maximum Gasteiger partial charge on any atom is 0.272 e. The number of hydrogen-bond donors (Lipinski definition) is 1. The molecule has 18 heavy (non-hydrogen) atoms. The highest BCUT2D eigenvalue weighted by atomic mass is 16.5. The Morgan fingerprint density at radius 2 is 2.50 bits per heavy atom. The molecule has 5 heteroatoms. The lowest BCUT2D eigenvalue weighted by molar-refractivity contribution is 0.0535. The van der Waals surface area contributed by atoms with Crippen LogP contribution in [0.25, 0.3) is 0 Å². The molecule has 1 aliphatic rings. The van der Waals surface area contributed by atoms with Crippen LogP contribution >= 0.6 is 0 Å². The van der Waals surface area contributed by atoms with Crippen LogP contribution in [0.1, 0.15) is 30.3 Å². The number of rotatable bonds is 4. The fourth-order valence-corrected chi connectivity index (χ4v) is 2.12. The number of nitrogens with zero attached hydrogens (tertiary/aromatic N) is 2. The Balaban J connectivity index is 2.04. The Kier molecular flexibility index (Phi) is 4.15. The van der Waals surface area contributed by atoms with Crippen molar-refractivity contribution in [2.24, 2.45) is 0 Å². The van der Waals surface area contributed by atoms with Crippen molar-refractivity contribution in [1.82, 2.24) is 9.88 Å². The summed E-state index contributed by atoms with van der Waals surface area (Å²) in [6.07, 6.45) is 3.82. The third kappa shape index (κ3) is 2.98. The molecule has 0 saturated carbocycles. The minimum absolute atomic E-state index is 0.0831. The van der Waals surface area contributed by atoms with E-state index in [-0.39, 0.29) is 12.0 Å². The van der Waals surface area contributed by atoms with Gasteiger partial charge in [0.1, 0.15) is 5.69 Å². The van der Waals surface area contributed by atoms with E-state index in [4.69, 9.17) is 10.5 Å². The highest BCUT2D eigenvalue weighted by Crippen LogP contribution is 2.15. The number of anilines is 1. The molecule has 0 bridgehead atoms. The van der Waals surface area contributed by atoms with Crippen LogP contribution in [-0.2, 0) is 4.74 Å². The first kappa shape index (κ1) is 12.8. The van der Waals surface area contributed by atoms with Crippen LogP contribution in [0.2, 0.25) is 0 Å². The number of carbonyl (C=O) groups excluding carboxylic acids is 1. The van der Waals surface area contributed by atoms with Crippen molar-refractivity contribution in [2.45, 2.75) is 25.9 Å². The van der Waals surface area contributed by atoms with E-state index in [1.165, 1.54) is 0 Å². The molecular weight excluding hydrogens is 230 g/mol. The minimum atomic E-state index is -0.0831. The summed E-state index contributed by atoms with van der Waals surface area (Å²) in [6, 6.07) is 3.29. The first-order valence-corrected chi connectivity index (χ1v) is 6.33. The van der Waals surface area contributed by atoms with Gasteiger partial charge in [-0.25, -0.2) is 0 Å². The van der Waals surface area contributed by atoms with E-state index in [0.29, 0.717) is 24.5 Å². The number of carbonyl (C=O) groups is 1. The van der Waals surface area contributed by atoms with Crippen molar-refractivity contribution < 1.29 is 9.53 Å². The Hall–Kier alpha value is -1.62. The third-order valence-electron chi connectivity index (χ3n) is 3.12. The van der Waals surface area contributed by atoms with Crippen LogP contribution in [0, 0.1) is 0 Å². The lowest BCUT2D eigenvalue weighted by Gasteiger charge is -2.23. The zero-order chi connectivity index (χ0) is 13.0. The van der Waals surface area contributed by atoms with E-state index >= 15 is 0 Å². The zero-order valence-corrected chi connectivity index (χ0v) is 10.6. The molecule has 0 aromatic carbocycles. The van der Waals surface area contributed by atoms with Gasteiger partial charge < -0.3 is 15.4 Å². The summed E-state index contributed by atoms with van der Waals surface area (Å²) >= 11 is 0. The van der Waals surface area contributed by atoms with E-state index in [1.807, 2.05) is 6.92 Å². The van der Waals surface area contributed by atoms with Gasteiger partial charge in [-0.2, -0.15) is 0 Å². The van der Waals surface area contributed by atoms with Gasteiger partial charge in [0.05, 0.1) is 6.10 Å². The van der Waals surface area contributed by atoms with Gasteiger partial charge >= 0.3 is 0 Å². The van der Waals surface area contributed by atoms with Crippen molar-refractivity contribution in [2.75, 3.05) is 25.4 Å². The van der Waals surface area contributed by atoms with Crippen LogP contribution in [0.4, 0.5) is 5.69 Å². The SMILES string of the molecule is CCN(CC1CCCO1)C(=O)c1cc(N)ccn1. The summed E-state index contributed by atoms with van der Waals surface area (Å²) in [6.45, 7) is 4.03. The van der Waals surface area contributed by atoms with Crippen molar-refractivity contribution in [1.29, 1.82) is 0 Å². The fourth-order valence-electron chi connectivity index (χ4n) is 2.12. The van der Waals surface area contributed by atoms with Gasteiger partial charge in [0.2, 0.25) is 0 Å². The summed E-state index contributed by atoms with van der Waals surface area (Å²) in [7, 11) is 0. The maximum atomic E-state index is 12.3. The molecular formula is C13H19N3O2. The predicted molar refractivity (Wildman–Crippen MR) is 69.2 cm³/mol. The second kappa shape index (κ2) is 5.82. The average molecular weight is 249 g/mol. The molecule has 1 amide bonds. The fraction of sp³-hybridized carbons (Fsp3) is 0.538. The van der Waals surface area contributed by atoms with Crippen molar-refractivity contribution in [3.05, 3.63) is 24.0 Å². The van der Waals surface area contributed by atoms with Crippen LogP contribution in [0.3, 0.4) is 0 Å². The van der Waals surface area contributed by atoms with Gasteiger partial charge in [-0.1, -0.05) is 0 Å². The molecule has 1 aromatic heterocycles. The highest BCUT2D eigenvalue weighted by Gasteiger charge is 2.22. The molecule has 2 heterocycles. The van der Waals surface area contributed by atoms with Crippen LogP contribution < -0.4 is 5.73 Å². The van der Waals surface area contributed by atoms with Gasteiger partial charge in [-0.3, -0.25) is 9.78 Å². The quantitative estimate of drug-likeness (QED) is 0.873. The number of hydrogen-bond acceptors (Lipinski definition) is 4. The first-order valence-electron chi connectivity index (χ1n) is 6.33. The van der Waals surface area contributed by atoms with Gasteiger partial charge in [0.15, 0.2) is 0 Å². The molecule has 1 unspecified atom stereocenters. The number of nitrogen functional groups attached to an aromatic ring is 1. The molecule has 1 fully saturated rings. The summed E-state index contributed by atoms with van der Waals surface area (Å²) in [4.78, 5) is 18.1. The largest absolute Gasteiger partial charge is 0.399 e. The summed E-state index contributed by atoms with van der Waals surface area (Å²) in [5, 5.41) is 0. The van der Waals surface area contributed by atoms with Gasteiger partial charge in [0, 0.05) is 31.6 Å². The summed E-state index contributed by atoms with van der Waals surface area (Å²) in [5.41, 5.74) is 6.62. The van der Waals surface area contributed by atoms with Gasteiger partial charge in [-0.15, -0.1) is 0 Å². The first-order chi connectivity index (χ1) is 8.70. The topological polar surface area (TPSA) is 68.5 Å². The lowest BCUT2D eigenvalue weighted by Crippen LogP contribution is -2.37. The molecule has 2 rings (SSSR count). The van der Waals surface area contributed by atoms with Crippen LogP contribution in [0.5, 0.6) is 0 Å². The zero-order valence-electron chi connectivity index (χ0n) is 10.6. The van der Waals surface area contributed by atoms with Crippen LogP contribution in [-0.4, -0.2) is 41.6 Å². The van der Waals surface area contributed by atoms with E-state index in [2.05, 4.69) is 4.98 Å². The minimum Gasteiger partial charge on any atom is -0.399 e. The van der Waals surface area contributed by atoms with Crippen LogP contribution in [0.15, 0.2) is 18.3 Å². The molecule has 1 aromatic rings. The number of ether oxygens (including phenoxy) is 1. The molecule has 2 N–H and O–H groups in total. The van der Waals surface area contributed by atoms with E-state index in [0.717, 1.165) is 19.4 Å². The van der Waals surface area contributed by atoms with E-state index in [1.54, 1.807) is 23.2 Å². The second-order valence-corrected chi connectivity index (χ2v) is 4.45. The molecule has 0 radical (unpaired) electrons. The van der Waals surface area contributed by atoms with Gasteiger partial charge in [0.25, 0.3) is 5.91 Å². The Labute approximate surface area is 107 Å². The molecule has 98 valence electrons. The standard InChI is InChI=1S/C13H19N3O2/c1-2-16(9-11-4-3-7-18-11)13(17)12-8-10(14)5-6-15-12/h5-6,8,11H,2-4,7,9H2,1H3,(H2,14,15). The molecule has 0 aliphatic carbocycles. The normalized spacial score (nSPS) is 18.8. The number of pyridine rings is 1. The molecule has 1 aliphatic heterocycles. The van der Waals surface area contributed by atoms with Crippen molar-refractivity contribution in [3.8, 4) is 0 Å². The predicted octanol–water partition coefficient (Wildman–Crippen LogP) is 1.30. The monoisotopic (exact) mass is 249 g/mol. The van der Waals surface area contributed by atoms with Gasteiger partial charge in [-0.05, 0) is 31.9 Å². The Morgan fingerprint density at radius 3 is 3.11 bits per heavy atom. The smallest absolute Gasteiger partial charge is 0.272 e. The molecule has 5 nitrogen and oxygen atoms in total. The lowest BCUT2D eigenvalue weighted by atomic mass is 10.2. The average Bonchev–Trinajstić information content (AvgIpc) is 2.88. The van der Waals surface area contributed by atoms with E-state index < -0.39 is 0 Å². The van der Waals surface area contributed by atoms with E-state index in [9.17, 15) is 4.79 Å². The Morgan fingerprint density at radius 1 is 1.67 bits per heavy atom. The molecule has 1 atom stereocenters. The van der Waals surface area contributed by atoms with Crippen molar-refractivity contribution >= 4 is 11.6 Å². The second-order valence-electron chi connectivity index (χ2n) is 4.45. The number of nitrogens with two attached hydrogens (primary N) is 1. The van der Waals surface area contributed by atoms with Crippen molar-refractivity contribution in [3.63, 3.8) is 0 Å². The molecule has 1 saturated heterocycles. The highest BCUT2D eigenvalue weighted by molar-refractivity contribution is 5.93. The summed E-state index contributed by atoms with van der Waals surface area (Å²) in [5.74, 6) is -0.0831. The maximum absolute atomic E-state index is 12.3. The number of likely N-dealkylation sites (N-methyl/N-ethyl adjacent to an activating group) is 1. The Bertz CT molecular complexity index is 416. The summed E-state index contributed by atoms with van der Waals surface area (Å²) < 4.78 is 5.56. The number of aromatic nitrogens is 1. The number of amides is 1. The third-order valence-corrected chi connectivity index (χ3v) is 3.12. The molecule has 0 spiro atoms.